The topological polar surface area (TPSA) is 45.7 Å². The molecule has 0 unspecified atom stereocenters. The molecule has 1 fully saturated rings. The zero-order chi connectivity index (χ0) is 18.7. The fourth-order valence-corrected chi connectivity index (χ4v) is 3.73. The predicted molar refractivity (Wildman–Crippen MR) is 102 cm³/mol. The summed E-state index contributed by atoms with van der Waals surface area (Å²) in [5.41, 5.74) is 1.68. The smallest absolute Gasteiger partial charge is 0.231 e. The first-order valence-electron chi connectivity index (χ1n) is 8.60. The van der Waals surface area contributed by atoms with Crippen LogP contribution < -0.4 is 4.74 Å². The van der Waals surface area contributed by atoms with Gasteiger partial charge in [-0.2, -0.15) is 0 Å². The summed E-state index contributed by atoms with van der Waals surface area (Å²) in [6, 6.07) is 13.5. The Morgan fingerprint density at radius 1 is 1.23 bits per heavy atom. The number of rotatable bonds is 6. The monoisotopic (exact) mass is 373 g/mol. The van der Waals surface area contributed by atoms with Gasteiger partial charge in [0, 0.05) is 44.8 Å². The quantitative estimate of drug-likeness (QED) is 0.781. The molecule has 26 heavy (non-hydrogen) atoms. The van der Waals surface area contributed by atoms with Crippen LogP contribution in [0.5, 0.6) is 5.88 Å². The molecule has 138 valence electrons. The lowest BCUT2D eigenvalue weighted by atomic mass is 9.73. The van der Waals surface area contributed by atoms with E-state index in [2.05, 4.69) is 9.88 Å². The largest absolute Gasteiger partial charge is 0.481 e. The van der Waals surface area contributed by atoms with Crippen LogP contribution in [0.2, 0.25) is 5.02 Å². The van der Waals surface area contributed by atoms with E-state index in [1.165, 1.54) is 0 Å². The Labute approximate surface area is 159 Å². The Hall–Kier alpha value is -2.11. The second-order valence-electron chi connectivity index (χ2n) is 7.10. The van der Waals surface area contributed by atoms with Crippen molar-refractivity contribution < 1.29 is 9.53 Å². The van der Waals surface area contributed by atoms with Crippen molar-refractivity contribution >= 4 is 17.5 Å². The third kappa shape index (κ3) is 4.00. The maximum absolute atomic E-state index is 12.9. The molecule has 0 radical (unpaired) electrons. The maximum Gasteiger partial charge on any atom is 0.231 e. The molecule has 0 N–H and O–H groups in total. The van der Waals surface area contributed by atoms with Gasteiger partial charge in [-0.25, -0.2) is 4.98 Å². The van der Waals surface area contributed by atoms with Crippen molar-refractivity contribution in [1.82, 2.24) is 14.8 Å². The van der Waals surface area contributed by atoms with Gasteiger partial charge >= 0.3 is 0 Å². The predicted octanol–water partition coefficient (Wildman–Crippen LogP) is 2.88. The molecule has 2 heterocycles. The number of ether oxygens (including phenoxy) is 1. The minimum Gasteiger partial charge on any atom is -0.481 e. The highest BCUT2D eigenvalue weighted by Crippen LogP contribution is 2.37. The van der Waals surface area contributed by atoms with Crippen LogP contribution in [-0.2, 0) is 17.8 Å². The van der Waals surface area contributed by atoms with Crippen LogP contribution >= 0.6 is 11.6 Å². The van der Waals surface area contributed by atoms with E-state index in [4.69, 9.17) is 16.3 Å². The fraction of sp³-hybridized carbons (Fsp3) is 0.400. The van der Waals surface area contributed by atoms with Crippen molar-refractivity contribution in [3.63, 3.8) is 0 Å². The number of methoxy groups -OCH3 is 1. The van der Waals surface area contributed by atoms with Crippen molar-refractivity contribution in [3.8, 4) is 5.88 Å². The number of nitrogens with zero attached hydrogens (tertiary/aromatic N) is 3. The first-order valence-corrected chi connectivity index (χ1v) is 8.98. The number of likely N-dealkylation sites (tertiary alicyclic amines) is 1. The Morgan fingerprint density at radius 3 is 2.54 bits per heavy atom. The number of halogens is 1. The van der Waals surface area contributed by atoms with E-state index in [0.29, 0.717) is 37.0 Å². The van der Waals surface area contributed by atoms with Crippen LogP contribution in [0.15, 0.2) is 42.5 Å². The Bertz CT molecular complexity index is 771. The van der Waals surface area contributed by atoms with E-state index in [0.717, 1.165) is 11.3 Å². The van der Waals surface area contributed by atoms with E-state index >= 15 is 0 Å². The summed E-state index contributed by atoms with van der Waals surface area (Å²) in [6.07, 6.45) is 0.712. The number of carbonyl (C=O) groups excluding carboxylic acids is 1. The van der Waals surface area contributed by atoms with Crippen molar-refractivity contribution in [3.05, 3.63) is 58.7 Å². The number of hydrogen-bond acceptors (Lipinski definition) is 4. The first-order chi connectivity index (χ1) is 12.4. The summed E-state index contributed by atoms with van der Waals surface area (Å²) >= 11 is 5.98. The SMILES string of the molecule is COc1cccc(CN2CC(Cc3ccc(Cl)cc3)(C(=O)N(C)C)C2)n1. The molecule has 0 spiro atoms. The average Bonchev–Trinajstić information content (AvgIpc) is 2.61. The third-order valence-electron chi connectivity index (χ3n) is 4.74. The van der Waals surface area contributed by atoms with Gasteiger partial charge in [-0.05, 0) is 30.2 Å². The maximum atomic E-state index is 12.9. The summed E-state index contributed by atoms with van der Waals surface area (Å²) in [7, 11) is 5.25. The van der Waals surface area contributed by atoms with Crippen molar-refractivity contribution in [1.29, 1.82) is 0 Å². The minimum absolute atomic E-state index is 0.169. The van der Waals surface area contributed by atoms with E-state index in [9.17, 15) is 4.79 Å². The van der Waals surface area contributed by atoms with E-state index in [1.54, 1.807) is 12.0 Å². The molecule has 6 heteroatoms. The fourth-order valence-electron chi connectivity index (χ4n) is 3.60. The van der Waals surface area contributed by atoms with Crippen LogP contribution in [0.3, 0.4) is 0 Å². The highest BCUT2D eigenvalue weighted by Gasteiger charge is 2.49. The molecule has 1 aliphatic rings. The van der Waals surface area contributed by atoms with Gasteiger partial charge in [0.15, 0.2) is 0 Å². The van der Waals surface area contributed by atoms with Gasteiger partial charge in [-0.1, -0.05) is 29.8 Å². The van der Waals surface area contributed by atoms with Crippen molar-refractivity contribution in [2.24, 2.45) is 5.41 Å². The normalized spacial score (nSPS) is 16.0. The Balaban J connectivity index is 1.71. The number of carbonyl (C=O) groups is 1. The molecule has 1 aromatic heterocycles. The van der Waals surface area contributed by atoms with Crippen LogP contribution in [0, 0.1) is 5.41 Å². The molecule has 1 saturated heterocycles. The molecule has 5 nitrogen and oxygen atoms in total. The number of aromatic nitrogens is 1. The molecule has 1 aromatic carbocycles. The van der Waals surface area contributed by atoms with Crippen LogP contribution in [0.25, 0.3) is 0 Å². The summed E-state index contributed by atoms with van der Waals surface area (Å²) in [5.74, 6) is 0.780. The lowest BCUT2D eigenvalue weighted by molar-refractivity contribution is -0.151. The van der Waals surface area contributed by atoms with Gasteiger partial charge in [0.05, 0.1) is 18.2 Å². The van der Waals surface area contributed by atoms with Crippen molar-refractivity contribution in [2.45, 2.75) is 13.0 Å². The number of pyridine rings is 1. The zero-order valence-electron chi connectivity index (χ0n) is 15.4. The lowest BCUT2D eigenvalue weighted by Crippen LogP contribution is -2.63. The molecule has 0 atom stereocenters. The number of hydrogen-bond donors (Lipinski definition) is 0. The van der Waals surface area contributed by atoms with E-state index in [1.807, 2.05) is 56.6 Å². The summed E-state index contributed by atoms with van der Waals surface area (Å²) < 4.78 is 5.19. The Kier molecular flexibility index (Phi) is 5.49. The van der Waals surface area contributed by atoms with Crippen LogP contribution in [-0.4, -0.2) is 55.0 Å². The van der Waals surface area contributed by atoms with Crippen molar-refractivity contribution in [2.75, 3.05) is 34.3 Å². The number of benzene rings is 1. The minimum atomic E-state index is -0.393. The molecular weight excluding hydrogens is 350 g/mol. The highest BCUT2D eigenvalue weighted by atomic mass is 35.5. The van der Waals surface area contributed by atoms with E-state index in [-0.39, 0.29) is 5.91 Å². The number of amides is 1. The third-order valence-corrected chi connectivity index (χ3v) is 5.00. The highest BCUT2D eigenvalue weighted by molar-refractivity contribution is 6.30. The molecule has 2 aromatic rings. The van der Waals surface area contributed by atoms with E-state index < -0.39 is 5.41 Å². The summed E-state index contributed by atoms with van der Waals surface area (Å²) in [5, 5.41) is 0.709. The van der Waals surface area contributed by atoms with Gasteiger partial charge in [-0.3, -0.25) is 9.69 Å². The van der Waals surface area contributed by atoms with Gasteiger partial charge < -0.3 is 9.64 Å². The molecule has 0 bridgehead atoms. The second-order valence-corrected chi connectivity index (χ2v) is 7.54. The molecular formula is C20H24ClN3O2. The summed E-state index contributed by atoms with van der Waals surface area (Å²) in [6.45, 7) is 2.14. The van der Waals surface area contributed by atoms with Crippen LogP contribution in [0.4, 0.5) is 0 Å². The molecule has 1 aliphatic heterocycles. The standard InChI is InChI=1S/C20H24ClN3O2/c1-23(2)19(25)20(11-15-7-9-16(21)10-8-15)13-24(14-20)12-17-5-4-6-18(22-17)26-3/h4-10H,11-14H2,1-3H3. The van der Waals surface area contributed by atoms with Gasteiger partial charge in [0.2, 0.25) is 11.8 Å². The summed E-state index contributed by atoms with van der Waals surface area (Å²) in [4.78, 5) is 21.3. The second kappa shape index (κ2) is 7.64. The van der Waals surface area contributed by atoms with Gasteiger partial charge in [-0.15, -0.1) is 0 Å². The molecule has 0 aliphatic carbocycles. The lowest BCUT2D eigenvalue weighted by Gasteiger charge is -2.50. The first kappa shape index (κ1) is 18.7. The molecule has 1 amide bonds. The molecule has 3 rings (SSSR count). The van der Waals surface area contributed by atoms with Gasteiger partial charge in [0.25, 0.3) is 0 Å². The average molecular weight is 374 g/mol. The Morgan fingerprint density at radius 2 is 1.92 bits per heavy atom. The van der Waals surface area contributed by atoms with Crippen LogP contribution in [0.1, 0.15) is 11.3 Å². The zero-order valence-corrected chi connectivity index (χ0v) is 16.2. The van der Waals surface area contributed by atoms with Gasteiger partial charge in [0.1, 0.15) is 0 Å². The molecule has 0 saturated carbocycles.